The van der Waals surface area contributed by atoms with Crippen molar-refractivity contribution in [3.8, 4) is 0 Å². The molecule has 0 unspecified atom stereocenters. The van der Waals surface area contributed by atoms with Gasteiger partial charge in [-0.25, -0.2) is 0 Å². The van der Waals surface area contributed by atoms with Gasteiger partial charge in [0.1, 0.15) is 0 Å². The molecule has 1 fully saturated rings. The van der Waals surface area contributed by atoms with Crippen molar-refractivity contribution in [2.45, 2.75) is 47.0 Å². The van der Waals surface area contributed by atoms with Gasteiger partial charge in [0, 0.05) is 11.1 Å². The first kappa shape index (κ1) is 17.6. The maximum absolute atomic E-state index is 4.50. The van der Waals surface area contributed by atoms with Crippen LogP contribution in [0.3, 0.4) is 0 Å². The van der Waals surface area contributed by atoms with E-state index in [-0.39, 0.29) is 5.41 Å². The van der Waals surface area contributed by atoms with Crippen molar-refractivity contribution < 1.29 is 0 Å². The molecule has 0 aromatic rings. The highest BCUT2D eigenvalue weighted by atomic mass is 15.2. The van der Waals surface area contributed by atoms with E-state index >= 15 is 0 Å². The van der Waals surface area contributed by atoms with E-state index in [1.165, 1.54) is 0 Å². The van der Waals surface area contributed by atoms with E-state index in [9.17, 15) is 0 Å². The van der Waals surface area contributed by atoms with Gasteiger partial charge in [0.15, 0.2) is 0 Å². The highest BCUT2D eigenvalue weighted by Gasteiger charge is 2.29. The Balaban J connectivity index is 2.89. The molecule has 1 rings (SSSR count). The molecule has 0 bridgehead atoms. The largest absolute Gasteiger partial charge is 0.317 e. The van der Waals surface area contributed by atoms with Crippen LogP contribution in [0.25, 0.3) is 0 Å². The highest BCUT2D eigenvalue weighted by molar-refractivity contribution is 6.01. The summed E-state index contributed by atoms with van der Waals surface area (Å²) in [5.41, 5.74) is 3.30. The third-order valence-corrected chi connectivity index (χ3v) is 4.18. The quantitative estimate of drug-likeness (QED) is 0.441. The molecule has 3 heteroatoms. The summed E-state index contributed by atoms with van der Waals surface area (Å²) in [6.45, 7) is 14.4. The maximum atomic E-state index is 4.50. The van der Waals surface area contributed by atoms with E-state index in [2.05, 4.69) is 55.0 Å². The molecule has 0 aromatic carbocycles. The van der Waals surface area contributed by atoms with Crippen LogP contribution in [0.1, 0.15) is 47.0 Å². The zero-order valence-electron chi connectivity index (χ0n) is 13.9. The minimum Gasteiger partial charge on any atom is -0.317 e. The van der Waals surface area contributed by atoms with Gasteiger partial charge in [0.2, 0.25) is 0 Å². The first-order chi connectivity index (χ1) is 10.0. The van der Waals surface area contributed by atoms with Crippen LogP contribution in [0.5, 0.6) is 0 Å². The van der Waals surface area contributed by atoms with Crippen molar-refractivity contribution in [2.24, 2.45) is 15.6 Å². The lowest BCUT2D eigenvalue weighted by Gasteiger charge is -2.33. The normalized spacial score (nSPS) is 20.9. The molecular weight excluding hydrogens is 258 g/mol. The predicted octanol–water partition coefficient (Wildman–Crippen LogP) is 4.29. The summed E-state index contributed by atoms with van der Waals surface area (Å²) < 4.78 is 0. The summed E-state index contributed by atoms with van der Waals surface area (Å²) in [6, 6.07) is 0. The molecule has 116 valence electrons. The Hall–Kier alpha value is -1.48. The average molecular weight is 287 g/mol. The standard InChI is InChI=1S/C18H29N3/c1-6-8-10-17(9-7-2)15(3)20-21-16(4)18(5)11-13-19-14-12-18/h7-10,19H,2,6,11-14H2,1,3-5H3/b10-8-,17-9+,20-15+,21-16+. The fraction of sp³-hybridized carbons (Fsp3) is 0.556. The van der Waals surface area contributed by atoms with E-state index in [1.807, 2.05) is 13.0 Å². The summed E-state index contributed by atoms with van der Waals surface area (Å²) in [5.74, 6) is 0. The Morgan fingerprint density at radius 3 is 2.48 bits per heavy atom. The molecule has 1 N–H and O–H groups in total. The van der Waals surface area contributed by atoms with Gasteiger partial charge < -0.3 is 5.32 Å². The van der Waals surface area contributed by atoms with Crippen LogP contribution in [0, 0.1) is 5.41 Å². The number of nitrogens with zero attached hydrogens (tertiary/aromatic N) is 2. The molecule has 0 atom stereocenters. The SMILES string of the molecule is C=C/C=C(\C=C/CC)C(/C)=N/N=C(\C)C1(C)CCNCC1. The molecule has 0 aromatic heterocycles. The predicted molar refractivity (Wildman–Crippen MR) is 94.1 cm³/mol. The maximum Gasteiger partial charge on any atom is 0.0671 e. The van der Waals surface area contributed by atoms with Gasteiger partial charge in [0.05, 0.1) is 5.71 Å². The van der Waals surface area contributed by atoms with Crippen molar-refractivity contribution in [3.05, 3.63) is 36.5 Å². The molecule has 0 radical (unpaired) electrons. The lowest BCUT2D eigenvalue weighted by molar-refractivity contribution is 0.326. The van der Waals surface area contributed by atoms with Gasteiger partial charge in [-0.3, -0.25) is 0 Å². The highest BCUT2D eigenvalue weighted by Crippen LogP contribution is 2.29. The summed E-state index contributed by atoms with van der Waals surface area (Å²) in [7, 11) is 0. The number of hydrogen-bond donors (Lipinski definition) is 1. The molecule has 0 saturated carbocycles. The molecule has 1 aliphatic heterocycles. The summed E-state index contributed by atoms with van der Waals surface area (Å²) >= 11 is 0. The van der Waals surface area contributed by atoms with Crippen LogP contribution in [-0.4, -0.2) is 24.5 Å². The Morgan fingerprint density at radius 2 is 1.90 bits per heavy atom. The second-order valence-electron chi connectivity index (χ2n) is 5.85. The molecule has 0 spiro atoms. The van der Waals surface area contributed by atoms with Crippen molar-refractivity contribution in [1.29, 1.82) is 0 Å². The molecule has 1 saturated heterocycles. The van der Waals surface area contributed by atoms with Gasteiger partial charge in [-0.2, -0.15) is 10.2 Å². The minimum atomic E-state index is 0.177. The van der Waals surface area contributed by atoms with E-state index in [0.29, 0.717) is 0 Å². The number of nitrogens with one attached hydrogen (secondary N) is 1. The molecule has 21 heavy (non-hydrogen) atoms. The Kier molecular flexibility index (Phi) is 7.30. The first-order valence-corrected chi connectivity index (χ1v) is 7.83. The number of rotatable bonds is 6. The monoisotopic (exact) mass is 287 g/mol. The second-order valence-corrected chi connectivity index (χ2v) is 5.85. The summed E-state index contributed by atoms with van der Waals surface area (Å²) in [4.78, 5) is 0. The van der Waals surface area contributed by atoms with Crippen LogP contribution in [0.15, 0.2) is 46.7 Å². The van der Waals surface area contributed by atoms with E-state index in [4.69, 9.17) is 0 Å². The smallest absolute Gasteiger partial charge is 0.0671 e. The Bertz CT molecular complexity index is 461. The summed E-state index contributed by atoms with van der Waals surface area (Å²) in [6.07, 6.45) is 11.2. The van der Waals surface area contributed by atoms with Crippen molar-refractivity contribution in [1.82, 2.24) is 5.32 Å². The van der Waals surface area contributed by atoms with E-state index in [0.717, 1.165) is 49.3 Å². The molecule has 1 heterocycles. The van der Waals surface area contributed by atoms with Crippen molar-refractivity contribution in [2.75, 3.05) is 13.1 Å². The van der Waals surface area contributed by atoms with Crippen LogP contribution in [0.4, 0.5) is 0 Å². The summed E-state index contributed by atoms with van der Waals surface area (Å²) in [5, 5.41) is 12.3. The van der Waals surface area contributed by atoms with Crippen LogP contribution in [-0.2, 0) is 0 Å². The Morgan fingerprint density at radius 1 is 1.24 bits per heavy atom. The van der Waals surface area contributed by atoms with Gasteiger partial charge in [-0.05, 0) is 51.8 Å². The second kappa shape index (κ2) is 8.73. The van der Waals surface area contributed by atoms with Crippen LogP contribution >= 0.6 is 0 Å². The lowest BCUT2D eigenvalue weighted by atomic mass is 9.77. The molecule has 3 nitrogen and oxygen atoms in total. The molecule has 0 amide bonds. The fourth-order valence-electron chi connectivity index (χ4n) is 2.34. The average Bonchev–Trinajstić information content (AvgIpc) is 2.49. The van der Waals surface area contributed by atoms with E-state index < -0.39 is 0 Å². The minimum absolute atomic E-state index is 0.177. The van der Waals surface area contributed by atoms with Gasteiger partial charge in [0.25, 0.3) is 0 Å². The zero-order chi connectivity index (χ0) is 15.7. The van der Waals surface area contributed by atoms with Crippen LogP contribution < -0.4 is 5.32 Å². The van der Waals surface area contributed by atoms with Crippen molar-refractivity contribution >= 4 is 11.4 Å². The number of hydrogen-bond acceptors (Lipinski definition) is 3. The van der Waals surface area contributed by atoms with Gasteiger partial charge >= 0.3 is 0 Å². The molecule has 1 aliphatic rings. The lowest BCUT2D eigenvalue weighted by Crippen LogP contribution is -2.39. The number of piperidine rings is 1. The van der Waals surface area contributed by atoms with Gasteiger partial charge in [-0.15, -0.1) is 0 Å². The van der Waals surface area contributed by atoms with Crippen molar-refractivity contribution in [3.63, 3.8) is 0 Å². The first-order valence-electron chi connectivity index (χ1n) is 7.83. The fourth-order valence-corrected chi connectivity index (χ4v) is 2.34. The third kappa shape index (κ3) is 5.43. The van der Waals surface area contributed by atoms with Gasteiger partial charge in [-0.1, -0.05) is 44.7 Å². The zero-order valence-corrected chi connectivity index (χ0v) is 13.9. The third-order valence-electron chi connectivity index (χ3n) is 4.18. The topological polar surface area (TPSA) is 36.8 Å². The Labute approximate surface area is 129 Å². The van der Waals surface area contributed by atoms with Crippen LogP contribution in [0.2, 0.25) is 0 Å². The van der Waals surface area contributed by atoms with E-state index in [1.54, 1.807) is 6.08 Å². The number of allylic oxidation sites excluding steroid dienone is 5. The molecule has 0 aliphatic carbocycles. The molecular formula is C18H29N3.